The van der Waals surface area contributed by atoms with Crippen LogP contribution >= 0.6 is 23.1 Å². The molecule has 4 aromatic rings. The number of aromatic nitrogens is 1. The summed E-state index contributed by atoms with van der Waals surface area (Å²) in [6.07, 6.45) is 0. The molecule has 0 saturated carbocycles. The van der Waals surface area contributed by atoms with Crippen molar-refractivity contribution in [3.8, 4) is 11.5 Å². The van der Waals surface area contributed by atoms with Gasteiger partial charge in [-0.05, 0) is 30.3 Å². The van der Waals surface area contributed by atoms with E-state index in [1.807, 2.05) is 60.0 Å². The normalized spacial score (nSPS) is 11.2. The highest BCUT2D eigenvalue weighted by Crippen LogP contribution is 2.30. The standard InChI is InChI=1S/C21H18N2O2S2/c1-13(2)27-16-8-5-7-15(10-16)20(24)23-21-22-17(12-26-21)19-11-14-6-3-4-9-18(14)25-19/h3-13H,1-2H3,(H,22,23,24). The molecule has 2 aromatic carbocycles. The van der Waals surface area contributed by atoms with E-state index in [4.69, 9.17) is 4.42 Å². The molecule has 4 nitrogen and oxygen atoms in total. The van der Waals surface area contributed by atoms with Crippen molar-refractivity contribution in [1.29, 1.82) is 0 Å². The molecular weight excluding hydrogens is 376 g/mol. The third-order valence-corrected chi connectivity index (χ3v) is 5.63. The van der Waals surface area contributed by atoms with Gasteiger partial charge in [-0.25, -0.2) is 4.98 Å². The van der Waals surface area contributed by atoms with Crippen LogP contribution in [0.5, 0.6) is 0 Å². The number of furan rings is 1. The number of carbonyl (C=O) groups is 1. The summed E-state index contributed by atoms with van der Waals surface area (Å²) >= 11 is 3.12. The first-order valence-corrected chi connectivity index (χ1v) is 10.4. The summed E-state index contributed by atoms with van der Waals surface area (Å²) < 4.78 is 5.84. The number of anilines is 1. The first-order chi connectivity index (χ1) is 13.1. The smallest absolute Gasteiger partial charge is 0.257 e. The molecule has 0 saturated heterocycles. The highest BCUT2D eigenvalue weighted by molar-refractivity contribution is 7.99. The average molecular weight is 395 g/mol. The lowest BCUT2D eigenvalue weighted by molar-refractivity contribution is 0.102. The van der Waals surface area contributed by atoms with Gasteiger partial charge in [-0.15, -0.1) is 23.1 Å². The van der Waals surface area contributed by atoms with Crippen LogP contribution in [0.1, 0.15) is 24.2 Å². The van der Waals surface area contributed by atoms with Gasteiger partial charge in [-0.2, -0.15) is 0 Å². The lowest BCUT2D eigenvalue weighted by Gasteiger charge is -2.07. The third-order valence-electron chi connectivity index (χ3n) is 3.87. The maximum Gasteiger partial charge on any atom is 0.257 e. The molecule has 0 fully saturated rings. The van der Waals surface area contributed by atoms with Crippen LogP contribution < -0.4 is 5.32 Å². The highest BCUT2D eigenvalue weighted by Gasteiger charge is 2.13. The Hall–Kier alpha value is -2.57. The first-order valence-electron chi connectivity index (χ1n) is 8.61. The Labute approximate surface area is 165 Å². The molecular formula is C21H18N2O2S2. The Morgan fingerprint density at radius 2 is 2.00 bits per heavy atom. The van der Waals surface area contributed by atoms with Crippen molar-refractivity contribution in [3.05, 3.63) is 65.5 Å². The second kappa shape index (κ2) is 7.58. The number of carbonyl (C=O) groups excluding carboxylic acids is 1. The SMILES string of the molecule is CC(C)Sc1cccc(C(=O)Nc2nc(-c3cc4ccccc4o3)cs2)c1. The van der Waals surface area contributed by atoms with Gasteiger partial charge in [-0.3, -0.25) is 10.1 Å². The highest BCUT2D eigenvalue weighted by atomic mass is 32.2. The maximum atomic E-state index is 12.6. The van der Waals surface area contributed by atoms with Crippen LogP contribution in [-0.2, 0) is 0 Å². The van der Waals surface area contributed by atoms with Gasteiger partial charge in [0.05, 0.1) is 0 Å². The predicted octanol–water partition coefficient (Wildman–Crippen LogP) is 6.31. The van der Waals surface area contributed by atoms with Crippen molar-refractivity contribution >= 4 is 45.1 Å². The summed E-state index contributed by atoms with van der Waals surface area (Å²) in [4.78, 5) is 18.1. The van der Waals surface area contributed by atoms with Crippen LogP contribution in [0, 0.1) is 0 Å². The van der Waals surface area contributed by atoms with Crippen LogP contribution in [0.4, 0.5) is 5.13 Å². The molecule has 0 aliphatic carbocycles. The van der Waals surface area contributed by atoms with Gasteiger partial charge in [0.1, 0.15) is 11.3 Å². The van der Waals surface area contributed by atoms with Gasteiger partial charge >= 0.3 is 0 Å². The van der Waals surface area contributed by atoms with Crippen LogP contribution in [0.15, 0.2) is 69.3 Å². The van der Waals surface area contributed by atoms with Crippen LogP contribution in [0.3, 0.4) is 0 Å². The molecule has 136 valence electrons. The van der Waals surface area contributed by atoms with E-state index >= 15 is 0 Å². The number of fused-ring (bicyclic) bond motifs is 1. The van der Waals surface area contributed by atoms with Crippen LogP contribution in [-0.4, -0.2) is 16.1 Å². The summed E-state index contributed by atoms with van der Waals surface area (Å²) in [6.45, 7) is 4.26. The molecule has 1 amide bonds. The molecule has 0 aliphatic rings. The van der Waals surface area contributed by atoms with Gasteiger partial charge in [-0.1, -0.05) is 38.1 Å². The van der Waals surface area contributed by atoms with Crippen molar-refractivity contribution in [2.75, 3.05) is 5.32 Å². The Morgan fingerprint density at radius 1 is 1.15 bits per heavy atom. The molecule has 0 radical (unpaired) electrons. The number of benzene rings is 2. The number of thiazole rings is 1. The molecule has 0 spiro atoms. The van der Waals surface area contributed by atoms with E-state index in [1.54, 1.807) is 11.8 Å². The van der Waals surface area contributed by atoms with Crippen LogP contribution in [0.25, 0.3) is 22.4 Å². The fourth-order valence-electron chi connectivity index (χ4n) is 2.70. The molecule has 4 rings (SSSR count). The minimum atomic E-state index is -0.160. The summed E-state index contributed by atoms with van der Waals surface area (Å²) in [5.74, 6) is 0.537. The van der Waals surface area contributed by atoms with Gasteiger partial charge in [0.2, 0.25) is 0 Å². The van der Waals surface area contributed by atoms with Gasteiger partial charge in [0.25, 0.3) is 5.91 Å². The second-order valence-electron chi connectivity index (χ2n) is 6.33. The number of para-hydroxylation sites is 1. The lowest BCUT2D eigenvalue weighted by atomic mass is 10.2. The molecule has 0 aliphatic heterocycles. The topological polar surface area (TPSA) is 55.1 Å². The molecule has 6 heteroatoms. The number of hydrogen-bond acceptors (Lipinski definition) is 5. The van der Waals surface area contributed by atoms with E-state index in [1.165, 1.54) is 11.3 Å². The zero-order valence-electron chi connectivity index (χ0n) is 14.9. The number of amides is 1. The first kappa shape index (κ1) is 17.8. The average Bonchev–Trinajstić information content (AvgIpc) is 3.27. The largest absolute Gasteiger partial charge is 0.454 e. The zero-order valence-corrected chi connectivity index (χ0v) is 16.6. The quantitative estimate of drug-likeness (QED) is 0.403. The number of nitrogens with one attached hydrogen (secondary N) is 1. The van der Waals surface area contributed by atoms with E-state index < -0.39 is 0 Å². The monoisotopic (exact) mass is 394 g/mol. The number of thioether (sulfide) groups is 1. The van der Waals surface area contributed by atoms with Crippen molar-refractivity contribution < 1.29 is 9.21 Å². The van der Waals surface area contributed by atoms with E-state index in [9.17, 15) is 4.79 Å². The summed E-state index contributed by atoms with van der Waals surface area (Å²) in [5, 5.41) is 6.82. The molecule has 0 bridgehead atoms. The minimum absolute atomic E-state index is 0.160. The maximum absolute atomic E-state index is 12.6. The van der Waals surface area contributed by atoms with E-state index in [-0.39, 0.29) is 5.91 Å². The van der Waals surface area contributed by atoms with Crippen molar-refractivity contribution in [3.63, 3.8) is 0 Å². The Kier molecular flexibility index (Phi) is 5.01. The fourth-order valence-corrected chi connectivity index (χ4v) is 4.30. The molecule has 2 heterocycles. The summed E-state index contributed by atoms with van der Waals surface area (Å²) in [5.41, 5.74) is 2.17. The summed E-state index contributed by atoms with van der Waals surface area (Å²) in [7, 11) is 0. The number of rotatable bonds is 5. The predicted molar refractivity (Wildman–Crippen MR) is 113 cm³/mol. The minimum Gasteiger partial charge on any atom is -0.454 e. The zero-order chi connectivity index (χ0) is 18.8. The molecule has 0 unspecified atom stereocenters. The Balaban J connectivity index is 1.51. The molecule has 1 N–H and O–H groups in total. The van der Waals surface area contributed by atoms with Crippen LogP contribution in [0.2, 0.25) is 0 Å². The molecule has 27 heavy (non-hydrogen) atoms. The third kappa shape index (κ3) is 4.07. The number of nitrogens with zero attached hydrogens (tertiary/aromatic N) is 1. The van der Waals surface area contributed by atoms with E-state index in [2.05, 4.69) is 24.1 Å². The van der Waals surface area contributed by atoms with Crippen molar-refractivity contribution in [1.82, 2.24) is 4.98 Å². The second-order valence-corrected chi connectivity index (χ2v) is 8.84. The summed E-state index contributed by atoms with van der Waals surface area (Å²) in [6, 6.07) is 17.4. The molecule has 2 aromatic heterocycles. The van der Waals surface area contributed by atoms with Gasteiger partial charge in [0, 0.05) is 26.5 Å². The fraction of sp³-hybridized carbons (Fsp3) is 0.143. The van der Waals surface area contributed by atoms with E-state index in [0.29, 0.717) is 21.7 Å². The van der Waals surface area contributed by atoms with E-state index in [0.717, 1.165) is 21.6 Å². The van der Waals surface area contributed by atoms with Crippen molar-refractivity contribution in [2.24, 2.45) is 0 Å². The van der Waals surface area contributed by atoms with Gasteiger partial charge < -0.3 is 4.42 Å². The van der Waals surface area contributed by atoms with Gasteiger partial charge in [0.15, 0.2) is 10.9 Å². The van der Waals surface area contributed by atoms with Crippen molar-refractivity contribution in [2.45, 2.75) is 24.0 Å². The molecule has 0 atom stereocenters. The Bertz CT molecular complexity index is 1070. The lowest BCUT2D eigenvalue weighted by Crippen LogP contribution is -2.11. The Morgan fingerprint density at radius 3 is 2.81 bits per heavy atom. The number of hydrogen-bond donors (Lipinski definition) is 1.